The van der Waals surface area contributed by atoms with Gasteiger partial charge in [-0.15, -0.1) is 0 Å². The average Bonchev–Trinajstić information content (AvgIpc) is 2.69. The molecule has 2 N–H and O–H groups in total. The van der Waals surface area contributed by atoms with E-state index in [1.807, 2.05) is 25.1 Å². The Balaban J connectivity index is 1.75. The number of hydrogen-bond acceptors (Lipinski definition) is 5. The Morgan fingerprint density at radius 3 is 2.33 bits per heavy atom. The molecule has 0 saturated heterocycles. The van der Waals surface area contributed by atoms with E-state index in [2.05, 4.69) is 15.8 Å². The number of methoxy groups -OCH3 is 2. The molecular weight excluding hydrogens is 346 g/mol. The summed E-state index contributed by atoms with van der Waals surface area (Å²) in [5.74, 6) is 0.910. The van der Waals surface area contributed by atoms with Crippen molar-refractivity contribution < 1.29 is 19.1 Å². The minimum absolute atomic E-state index is 0.126. The standard InChI is InChI=1S/C20H23N3O4/c1-14-12-18(27-3)9-6-16(14)13-22-23-19(24)10-11-21-20(25)15-4-7-17(26-2)8-5-15/h4-9,12-13H,10-11H2,1-3H3,(H,21,25)(H,23,24). The third kappa shape index (κ3) is 6.14. The van der Waals surface area contributed by atoms with Crippen LogP contribution in [0.4, 0.5) is 0 Å². The number of hydrazone groups is 1. The maximum Gasteiger partial charge on any atom is 0.251 e. The molecule has 0 unspecified atom stereocenters. The molecule has 7 nitrogen and oxygen atoms in total. The Labute approximate surface area is 158 Å². The third-order valence-electron chi connectivity index (χ3n) is 3.86. The lowest BCUT2D eigenvalue weighted by Gasteiger charge is -2.06. The molecule has 2 amide bonds. The molecule has 0 aliphatic heterocycles. The zero-order valence-corrected chi connectivity index (χ0v) is 15.6. The van der Waals surface area contributed by atoms with E-state index in [1.54, 1.807) is 44.7 Å². The minimum Gasteiger partial charge on any atom is -0.497 e. The van der Waals surface area contributed by atoms with Crippen LogP contribution < -0.4 is 20.2 Å². The fraction of sp³-hybridized carbons (Fsp3) is 0.250. The monoisotopic (exact) mass is 369 g/mol. The van der Waals surface area contributed by atoms with E-state index in [-0.39, 0.29) is 24.8 Å². The van der Waals surface area contributed by atoms with Gasteiger partial charge in [-0.05, 0) is 60.5 Å². The van der Waals surface area contributed by atoms with Gasteiger partial charge >= 0.3 is 0 Å². The second kappa shape index (κ2) is 9.96. The molecule has 7 heteroatoms. The summed E-state index contributed by atoms with van der Waals surface area (Å²) >= 11 is 0. The van der Waals surface area contributed by atoms with Gasteiger partial charge in [-0.2, -0.15) is 5.10 Å². The lowest BCUT2D eigenvalue weighted by molar-refractivity contribution is -0.120. The molecule has 0 aliphatic rings. The zero-order valence-electron chi connectivity index (χ0n) is 15.6. The number of nitrogens with zero attached hydrogens (tertiary/aromatic N) is 1. The van der Waals surface area contributed by atoms with Crippen LogP contribution in [-0.4, -0.2) is 38.8 Å². The Morgan fingerprint density at radius 2 is 1.70 bits per heavy atom. The van der Waals surface area contributed by atoms with E-state index in [4.69, 9.17) is 9.47 Å². The predicted molar refractivity (Wildman–Crippen MR) is 103 cm³/mol. The van der Waals surface area contributed by atoms with Crippen molar-refractivity contribution in [3.05, 3.63) is 59.2 Å². The van der Waals surface area contributed by atoms with Crippen LogP contribution in [0.15, 0.2) is 47.6 Å². The quantitative estimate of drug-likeness (QED) is 0.552. The zero-order chi connectivity index (χ0) is 19.6. The normalized spacial score (nSPS) is 10.5. The fourth-order valence-electron chi connectivity index (χ4n) is 2.28. The minimum atomic E-state index is -0.285. The first-order valence-electron chi connectivity index (χ1n) is 8.42. The van der Waals surface area contributed by atoms with Crippen LogP contribution in [0, 0.1) is 6.92 Å². The van der Waals surface area contributed by atoms with Crippen LogP contribution >= 0.6 is 0 Å². The first-order valence-corrected chi connectivity index (χ1v) is 8.42. The van der Waals surface area contributed by atoms with Gasteiger partial charge in [0.2, 0.25) is 5.91 Å². The molecule has 0 heterocycles. The second-order valence-corrected chi connectivity index (χ2v) is 5.75. The highest BCUT2D eigenvalue weighted by Gasteiger charge is 2.06. The maximum atomic E-state index is 12.0. The number of benzene rings is 2. The SMILES string of the molecule is COc1ccc(C(=O)NCCC(=O)NN=Cc2ccc(OC)cc2C)cc1. The molecular formula is C20H23N3O4. The first kappa shape index (κ1) is 20.0. The highest BCUT2D eigenvalue weighted by molar-refractivity contribution is 5.94. The van der Waals surface area contributed by atoms with E-state index >= 15 is 0 Å². The summed E-state index contributed by atoms with van der Waals surface area (Å²) in [6.07, 6.45) is 1.70. The van der Waals surface area contributed by atoms with E-state index in [0.717, 1.165) is 16.9 Å². The van der Waals surface area contributed by atoms with Gasteiger partial charge in [-0.25, -0.2) is 5.43 Å². The number of hydrogen-bond donors (Lipinski definition) is 2. The van der Waals surface area contributed by atoms with E-state index in [9.17, 15) is 9.59 Å². The topological polar surface area (TPSA) is 89.0 Å². The van der Waals surface area contributed by atoms with E-state index < -0.39 is 0 Å². The smallest absolute Gasteiger partial charge is 0.251 e. The predicted octanol–water partition coefficient (Wildman–Crippen LogP) is 2.28. The molecule has 0 aromatic heterocycles. The molecule has 0 bridgehead atoms. The lowest BCUT2D eigenvalue weighted by atomic mass is 10.1. The van der Waals surface area contributed by atoms with Crippen LogP contribution in [0.3, 0.4) is 0 Å². The van der Waals surface area contributed by atoms with Crippen molar-refractivity contribution in [3.8, 4) is 11.5 Å². The van der Waals surface area contributed by atoms with Gasteiger partial charge in [0.05, 0.1) is 20.4 Å². The maximum absolute atomic E-state index is 12.0. The Morgan fingerprint density at radius 1 is 1.04 bits per heavy atom. The van der Waals surface area contributed by atoms with Crippen molar-refractivity contribution in [1.82, 2.24) is 10.7 Å². The highest BCUT2D eigenvalue weighted by atomic mass is 16.5. The van der Waals surface area contributed by atoms with Gasteiger partial charge in [0.1, 0.15) is 11.5 Å². The molecule has 0 aliphatic carbocycles. The van der Waals surface area contributed by atoms with Gasteiger partial charge < -0.3 is 14.8 Å². The van der Waals surface area contributed by atoms with Gasteiger partial charge in [0.15, 0.2) is 0 Å². The first-order chi connectivity index (χ1) is 13.0. The van der Waals surface area contributed by atoms with Gasteiger partial charge in [0.25, 0.3) is 5.91 Å². The molecule has 2 aromatic rings. The molecule has 27 heavy (non-hydrogen) atoms. The summed E-state index contributed by atoms with van der Waals surface area (Å²) in [7, 11) is 3.17. The Hall–Kier alpha value is -3.35. The van der Waals surface area contributed by atoms with Crippen molar-refractivity contribution in [3.63, 3.8) is 0 Å². The molecule has 0 atom stereocenters. The molecule has 2 rings (SSSR count). The summed E-state index contributed by atoms with van der Waals surface area (Å²) in [4.78, 5) is 23.8. The van der Waals surface area contributed by atoms with Crippen molar-refractivity contribution in [2.45, 2.75) is 13.3 Å². The number of carbonyl (C=O) groups excluding carboxylic acids is 2. The molecule has 2 aromatic carbocycles. The number of amides is 2. The van der Waals surface area contributed by atoms with Crippen LogP contribution in [0.5, 0.6) is 11.5 Å². The van der Waals surface area contributed by atoms with Gasteiger partial charge in [-0.1, -0.05) is 0 Å². The highest BCUT2D eigenvalue weighted by Crippen LogP contribution is 2.15. The molecule has 0 saturated carbocycles. The van der Waals surface area contributed by atoms with Crippen LogP contribution in [0.2, 0.25) is 0 Å². The Kier molecular flexibility index (Phi) is 7.37. The molecule has 0 spiro atoms. The number of aryl methyl sites for hydroxylation is 1. The van der Waals surface area contributed by atoms with Crippen molar-refractivity contribution >= 4 is 18.0 Å². The van der Waals surface area contributed by atoms with Crippen molar-refractivity contribution in [1.29, 1.82) is 0 Å². The Bertz CT molecular complexity index is 816. The number of carbonyl (C=O) groups is 2. The van der Waals surface area contributed by atoms with E-state index in [1.165, 1.54) is 0 Å². The van der Waals surface area contributed by atoms with Crippen LogP contribution in [0.1, 0.15) is 27.9 Å². The largest absolute Gasteiger partial charge is 0.497 e. The summed E-state index contributed by atoms with van der Waals surface area (Å²) in [5, 5.41) is 6.63. The third-order valence-corrected chi connectivity index (χ3v) is 3.86. The van der Waals surface area contributed by atoms with Crippen LogP contribution in [-0.2, 0) is 4.79 Å². The molecule has 0 radical (unpaired) electrons. The molecule has 142 valence electrons. The van der Waals surface area contributed by atoms with Crippen LogP contribution in [0.25, 0.3) is 0 Å². The second-order valence-electron chi connectivity index (χ2n) is 5.75. The number of nitrogens with one attached hydrogen (secondary N) is 2. The lowest BCUT2D eigenvalue weighted by Crippen LogP contribution is -2.29. The number of ether oxygens (including phenoxy) is 2. The van der Waals surface area contributed by atoms with Gasteiger partial charge in [0, 0.05) is 18.5 Å². The van der Waals surface area contributed by atoms with E-state index in [0.29, 0.717) is 11.3 Å². The summed E-state index contributed by atoms with van der Waals surface area (Å²) < 4.78 is 10.2. The number of rotatable bonds is 8. The fourth-order valence-corrected chi connectivity index (χ4v) is 2.28. The van der Waals surface area contributed by atoms with Crippen molar-refractivity contribution in [2.24, 2.45) is 5.10 Å². The summed E-state index contributed by atoms with van der Waals surface area (Å²) in [6, 6.07) is 12.3. The van der Waals surface area contributed by atoms with Crippen molar-refractivity contribution in [2.75, 3.05) is 20.8 Å². The van der Waals surface area contributed by atoms with Gasteiger partial charge in [-0.3, -0.25) is 9.59 Å². The average molecular weight is 369 g/mol. The summed E-state index contributed by atoms with van der Waals surface area (Å²) in [6.45, 7) is 2.15. The molecule has 0 fully saturated rings. The summed E-state index contributed by atoms with van der Waals surface area (Å²) in [5.41, 5.74) is 4.81.